The van der Waals surface area contributed by atoms with Crippen molar-refractivity contribution in [2.75, 3.05) is 11.5 Å². The van der Waals surface area contributed by atoms with Gasteiger partial charge >= 0.3 is 0 Å². The Balaban J connectivity index is 1.96. The van der Waals surface area contributed by atoms with Crippen molar-refractivity contribution in [3.63, 3.8) is 0 Å². The Morgan fingerprint density at radius 2 is 1.39 bits per heavy atom. The van der Waals surface area contributed by atoms with Crippen LogP contribution in [0.5, 0.6) is 0 Å². The average Bonchev–Trinajstić information content (AvgIpc) is 2.38. The summed E-state index contributed by atoms with van der Waals surface area (Å²) in [6.07, 6.45) is 0. The van der Waals surface area contributed by atoms with Crippen molar-refractivity contribution in [3.8, 4) is 0 Å². The summed E-state index contributed by atoms with van der Waals surface area (Å²) in [7, 11) is 0. The van der Waals surface area contributed by atoms with E-state index in [4.69, 9.17) is 16.9 Å². The molecule has 18 heavy (non-hydrogen) atoms. The molecule has 92 valence electrons. The normalized spacial score (nSPS) is 10.0. The molecule has 2 rings (SSSR count). The van der Waals surface area contributed by atoms with Crippen molar-refractivity contribution >= 4 is 17.2 Å². The zero-order valence-electron chi connectivity index (χ0n) is 9.98. The molecule has 0 atom stereocenters. The summed E-state index contributed by atoms with van der Waals surface area (Å²) >= 11 is 0. The molecule has 0 radical (unpaired) electrons. The molecule has 0 saturated heterocycles. The fraction of sp³-hybridized carbons (Fsp3) is 0.0714. The van der Waals surface area contributed by atoms with Crippen LogP contribution in [0.15, 0.2) is 48.5 Å². The number of nitrogen functional groups attached to an aromatic ring is 2. The lowest BCUT2D eigenvalue weighted by molar-refractivity contribution is 0.908. The maximum atomic E-state index is 7.92. The van der Waals surface area contributed by atoms with Crippen LogP contribution in [0.3, 0.4) is 0 Å². The van der Waals surface area contributed by atoms with Crippen LogP contribution in [0, 0.1) is 5.41 Å². The van der Waals surface area contributed by atoms with Gasteiger partial charge in [-0.2, -0.15) is 0 Å². The van der Waals surface area contributed by atoms with Crippen LogP contribution in [0.25, 0.3) is 0 Å². The van der Waals surface area contributed by atoms with Gasteiger partial charge in [-0.15, -0.1) is 0 Å². The molecule has 2 aromatic carbocycles. The minimum absolute atomic E-state index is 0.381. The molecular weight excluding hydrogens is 224 g/mol. The molecule has 0 amide bonds. The number of hydrogen-bond acceptors (Lipinski definition) is 3. The van der Waals surface area contributed by atoms with Gasteiger partial charge in [-0.1, -0.05) is 12.1 Å². The van der Waals surface area contributed by atoms with Gasteiger partial charge in [0, 0.05) is 23.5 Å². The Hall–Kier alpha value is -2.49. The zero-order chi connectivity index (χ0) is 13.0. The zero-order valence-corrected chi connectivity index (χ0v) is 9.98. The maximum Gasteiger partial charge on any atom is 0.125 e. The monoisotopic (exact) mass is 240 g/mol. The molecule has 0 saturated carbocycles. The highest BCUT2D eigenvalue weighted by molar-refractivity contribution is 5.96. The van der Waals surface area contributed by atoms with E-state index >= 15 is 0 Å². The Kier molecular flexibility index (Phi) is 3.48. The van der Waals surface area contributed by atoms with Crippen LogP contribution in [0.2, 0.25) is 0 Å². The van der Waals surface area contributed by atoms with E-state index in [-0.39, 0.29) is 0 Å². The second-order valence-corrected chi connectivity index (χ2v) is 4.09. The number of nitrogens with two attached hydrogens (primary N) is 2. The lowest BCUT2D eigenvalue weighted by atomic mass is 10.1. The maximum absolute atomic E-state index is 7.92. The van der Waals surface area contributed by atoms with Crippen molar-refractivity contribution in [1.82, 2.24) is 5.32 Å². The highest BCUT2D eigenvalue weighted by Crippen LogP contribution is 2.07. The van der Waals surface area contributed by atoms with E-state index in [0.29, 0.717) is 18.1 Å². The van der Waals surface area contributed by atoms with Gasteiger partial charge < -0.3 is 16.8 Å². The Morgan fingerprint density at radius 1 is 0.889 bits per heavy atom. The lowest BCUT2D eigenvalue weighted by Crippen LogP contribution is -2.22. The third-order valence-electron chi connectivity index (χ3n) is 2.65. The van der Waals surface area contributed by atoms with E-state index in [0.717, 1.165) is 16.8 Å². The molecule has 4 heteroatoms. The van der Waals surface area contributed by atoms with Gasteiger partial charge in [0.25, 0.3) is 0 Å². The molecule has 2 aromatic rings. The van der Waals surface area contributed by atoms with E-state index in [9.17, 15) is 0 Å². The molecule has 0 aliphatic rings. The molecule has 4 nitrogen and oxygen atoms in total. The van der Waals surface area contributed by atoms with Crippen LogP contribution in [0.4, 0.5) is 11.4 Å². The fourth-order valence-corrected chi connectivity index (χ4v) is 1.58. The molecule has 0 aromatic heterocycles. The Bertz CT molecular complexity index is 529. The lowest BCUT2D eigenvalue weighted by Gasteiger charge is -2.08. The molecule has 0 aliphatic heterocycles. The van der Waals surface area contributed by atoms with E-state index in [1.165, 1.54) is 0 Å². The molecular formula is C14H16N4. The number of rotatable bonds is 3. The molecule has 0 fully saturated rings. The van der Waals surface area contributed by atoms with Crippen LogP contribution in [0.1, 0.15) is 11.1 Å². The molecule has 0 bridgehead atoms. The first-order chi connectivity index (χ1) is 8.65. The van der Waals surface area contributed by atoms with E-state index < -0.39 is 0 Å². The summed E-state index contributed by atoms with van der Waals surface area (Å²) in [6.45, 7) is 0.601. The number of benzene rings is 2. The van der Waals surface area contributed by atoms with Gasteiger partial charge in [0.1, 0.15) is 5.84 Å². The predicted molar refractivity (Wildman–Crippen MR) is 75.4 cm³/mol. The topological polar surface area (TPSA) is 87.9 Å². The fourth-order valence-electron chi connectivity index (χ4n) is 1.58. The second-order valence-electron chi connectivity index (χ2n) is 4.09. The minimum Gasteiger partial charge on any atom is -0.399 e. The molecule has 0 aliphatic carbocycles. The second kappa shape index (κ2) is 5.23. The van der Waals surface area contributed by atoms with E-state index in [1.54, 1.807) is 12.1 Å². The highest BCUT2D eigenvalue weighted by atomic mass is 14.9. The van der Waals surface area contributed by atoms with Crippen LogP contribution >= 0.6 is 0 Å². The predicted octanol–water partition coefficient (Wildman–Crippen LogP) is 1.97. The summed E-state index contributed by atoms with van der Waals surface area (Å²) < 4.78 is 0. The molecule has 0 heterocycles. The standard InChI is InChI=1S/C14H16N4/c15-12-5-1-10(2-6-12)9-18-14(17)11-3-7-13(16)8-4-11/h1-8H,9,15-16H2,(H2,17,18). The van der Waals surface area contributed by atoms with Gasteiger partial charge in [-0.05, 0) is 42.0 Å². The number of hydrogen-bond donors (Lipinski definition) is 4. The van der Waals surface area contributed by atoms with Crippen molar-refractivity contribution in [1.29, 1.82) is 5.41 Å². The third kappa shape index (κ3) is 3.01. The summed E-state index contributed by atoms with van der Waals surface area (Å²) in [5, 5.41) is 11.0. The first kappa shape index (κ1) is 12.0. The van der Waals surface area contributed by atoms with Crippen LogP contribution in [-0.2, 0) is 6.54 Å². The van der Waals surface area contributed by atoms with Gasteiger partial charge in [0.2, 0.25) is 0 Å². The average molecular weight is 240 g/mol. The summed E-state index contributed by atoms with van der Waals surface area (Å²) in [6, 6.07) is 14.8. The third-order valence-corrected chi connectivity index (χ3v) is 2.65. The SMILES string of the molecule is N=C(NCc1ccc(N)cc1)c1ccc(N)cc1. The Morgan fingerprint density at radius 3 is 1.94 bits per heavy atom. The number of anilines is 2. The van der Waals surface area contributed by atoms with Crippen LogP contribution < -0.4 is 16.8 Å². The first-order valence-corrected chi connectivity index (χ1v) is 5.68. The first-order valence-electron chi connectivity index (χ1n) is 5.68. The number of nitrogens with one attached hydrogen (secondary N) is 2. The van der Waals surface area contributed by atoms with Crippen LogP contribution in [-0.4, -0.2) is 5.84 Å². The summed E-state index contributed by atoms with van der Waals surface area (Å²) in [5.41, 5.74) is 14.6. The molecule has 0 unspecified atom stereocenters. The number of amidine groups is 1. The van der Waals surface area contributed by atoms with Gasteiger partial charge in [-0.25, -0.2) is 0 Å². The van der Waals surface area contributed by atoms with Crippen molar-refractivity contribution in [2.45, 2.75) is 6.54 Å². The van der Waals surface area contributed by atoms with Crippen molar-refractivity contribution in [3.05, 3.63) is 59.7 Å². The van der Waals surface area contributed by atoms with Gasteiger partial charge in [-0.3, -0.25) is 5.41 Å². The molecule has 0 spiro atoms. The summed E-state index contributed by atoms with van der Waals surface area (Å²) in [5.74, 6) is 0.381. The minimum atomic E-state index is 0.381. The quantitative estimate of drug-likeness (QED) is 0.376. The van der Waals surface area contributed by atoms with Crippen molar-refractivity contribution < 1.29 is 0 Å². The van der Waals surface area contributed by atoms with Crippen molar-refractivity contribution in [2.24, 2.45) is 0 Å². The summed E-state index contributed by atoms with van der Waals surface area (Å²) in [4.78, 5) is 0. The van der Waals surface area contributed by atoms with E-state index in [2.05, 4.69) is 5.32 Å². The van der Waals surface area contributed by atoms with Gasteiger partial charge in [0.15, 0.2) is 0 Å². The molecule has 6 N–H and O–H groups in total. The highest BCUT2D eigenvalue weighted by Gasteiger charge is 2.00. The van der Waals surface area contributed by atoms with E-state index in [1.807, 2.05) is 36.4 Å². The van der Waals surface area contributed by atoms with Gasteiger partial charge in [0.05, 0.1) is 0 Å². The smallest absolute Gasteiger partial charge is 0.125 e. The Labute approximate surface area is 106 Å². The largest absolute Gasteiger partial charge is 0.399 e.